The predicted octanol–water partition coefficient (Wildman–Crippen LogP) is 1.50. The van der Waals surface area contributed by atoms with E-state index < -0.39 is 5.54 Å². The van der Waals surface area contributed by atoms with Crippen LogP contribution in [0.15, 0.2) is 6.20 Å². The van der Waals surface area contributed by atoms with Crippen LogP contribution >= 0.6 is 23.8 Å². The van der Waals surface area contributed by atoms with Crippen LogP contribution in [0.5, 0.6) is 0 Å². The van der Waals surface area contributed by atoms with Crippen molar-refractivity contribution in [2.45, 2.75) is 38.1 Å². The largest absolute Gasteiger partial charge is 0.391 e. The number of rotatable bonds is 3. The third kappa shape index (κ3) is 2.67. The number of hydrogen-bond donors (Lipinski definition) is 2. The zero-order chi connectivity index (χ0) is 13.2. The standard InChI is InChI=1S/C11H16N4OS2/c1-7-2-4-11(5-3-7,10(12)17)14-9(16)8-6-13-15-18-8/h6-7H,2-5H2,1H3,(H2,12,17)(H,14,16). The third-order valence-corrected chi connectivity index (χ3v) is 4.59. The minimum Gasteiger partial charge on any atom is -0.391 e. The Morgan fingerprint density at radius 2 is 2.28 bits per heavy atom. The van der Waals surface area contributed by atoms with Gasteiger partial charge in [0.1, 0.15) is 4.88 Å². The lowest BCUT2D eigenvalue weighted by molar-refractivity contribution is 0.0904. The fourth-order valence-corrected chi connectivity index (χ4v) is 2.90. The van der Waals surface area contributed by atoms with Gasteiger partial charge in [-0.2, -0.15) is 0 Å². The fraction of sp³-hybridized carbons (Fsp3) is 0.636. The monoisotopic (exact) mass is 284 g/mol. The third-order valence-electron chi connectivity index (χ3n) is 3.54. The van der Waals surface area contributed by atoms with Gasteiger partial charge in [0, 0.05) is 0 Å². The van der Waals surface area contributed by atoms with Crippen LogP contribution in [-0.4, -0.2) is 26.0 Å². The average molecular weight is 284 g/mol. The van der Waals surface area contributed by atoms with Crippen LogP contribution in [0.3, 0.4) is 0 Å². The van der Waals surface area contributed by atoms with E-state index in [1.807, 2.05) is 0 Å². The fourth-order valence-electron chi connectivity index (χ4n) is 2.23. The van der Waals surface area contributed by atoms with Gasteiger partial charge in [-0.25, -0.2) is 0 Å². The Morgan fingerprint density at radius 3 is 2.78 bits per heavy atom. The second-order valence-electron chi connectivity index (χ2n) is 4.86. The number of nitrogens with two attached hydrogens (primary N) is 1. The second kappa shape index (κ2) is 5.27. The summed E-state index contributed by atoms with van der Waals surface area (Å²) in [5.74, 6) is 0.474. The number of carbonyl (C=O) groups excluding carboxylic acids is 1. The lowest BCUT2D eigenvalue weighted by atomic mass is 9.77. The molecule has 2 rings (SSSR count). The zero-order valence-corrected chi connectivity index (χ0v) is 11.8. The Kier molecular flexibility index (Phi) is 3.91. The van der Waals surface area contributed by atoms with Crippen LogP contribution < -0.4 is 11.1 Å². The van der Waals surface area contributed by atoms with Crippen molar-refractivity contribution in [2.24, 2.45) is 11.7 Å². The van der Waals surface area contributed by atoms with E-state index in [1.165, 1.54) is 6.20 Å². The summed E-state index contributed by atoms with van der Waals surface area (Å²) in [7, 11) is 0. The number of nitrogens with one attached hydrogen (secondary N) is 1. The quantitative estimate of drug-likeness (QED) is 0.822. The van der Waals surface area contributed by atoms with E-state index in [2.05, 4.69) is 21.8 Å². The van der Waals surface area contributed by atoms with Crippen molar-refractivity contribution in [3.05, 3.63) is 11.1 Å². The molecule has 98 valence electrons. The van der Waals surface area contributed by atoms with E-state index in [0.29, 0.717) is 15.8 Å². The Hall–Kier alpha value is -1.08. The van der Waals surface area contributed by atoms with Crippen molar-refractivity contribution in [3.8, 4) is 0 Å². The van der Waals surface area contributed by atoms with E-state index in [-0.39, 0.29) is 5.91 Å². The summed E-state index contributed by atoms with van der Waals surface area (Å²) in [4.78, 5) is 12.9. The predicted molar refractivity (Wildman–Crippen MR) is 74.5 cm³/mol. The summed E-state index contributed by atoms with van der Waals surface area (Å²) < 4.78 is 3.68. The summed E-state index contributed by atoms with van der Waals surface area (Å²) in [6.45, 7) is 2.21. The van der Waals surface area contributed by atoms with Crippen LogP contribution in [0.1, 0.15) is 42.3 Å². The Labute approximate surface area is 115 Å². The normalized spacial score (nSPS) is 27.7. The SMILES string of the molecule is CC1CCC(NC(=O)c2cnns2)(C(N)=S)CC1. The Bertz CT molecular complexity index is 438. The van der Waals surface area contributed by atoms with Gasteiger partial charge in [0.2, 0.25) is 0 Å². The molecule has 7 heteroatoms. The lowest BCUT2D eigenvalue weighted by Crippen LogP contribution is -2.58. The summed E-state index contributed by atoms with van der Waals surface area (Å²) in [5.41, 5.74) is 5.30. The van der Waals surface area contributed by atoms with Gasteiger partial charge in [0.05, 0.1) is 16.7 Å². The van der Waals surface area contributed by atoms with Crippen molar-refractivity contribution in [2.75, 3.05) is 0 Å². The first kappa shape index (κ1) is 13.4. The molecule has 0 aliphatic heterocycles. The van der Waals surface area contributed by atoms with Crippen molar-refractivity contribution < 1.29 is 4.79 Å². The van der Waals surface area contributed by atoms with Crippen molar-refractivity contribution >= 4 is 34.6 Å². The zero-order valence-electron chi connectivity index (χ0n) is 10.2. The van der Waals surface area contributed by atoms with Crippen LogP contribution in [0.25, 0.3) is 0 Å². The van der Waals surface area contributed by atoms with Gasteiger partial charge in [-0.15, -0.1) is 5.10 Å². The number of nitrogens with zero attached hydrogens (tertiary/aromatic N) is 2. The molecule has 1 amide bonds. The van der Waals surface area contributed by atoms with Gasteiger partial charge in [-0.3, -0.25) is 4.79 Å². The first-order chi connectivity index (χ1) is 8.53. The highest BCUT2D eigenvalue weighted by atomic mass is 32.1. The molecule has 0 unspecified atom stereocenters. The molecule has 1 aliphatic carbocycles. The molecule has 1 heterocycles. The highest BCUT2D eigenvalue weighted by Gasteiger charge is 2.38. The van der Waals surface area contributed by atoms with Gasteiger partial charge < -0.3 is 11.1 Å². The van der Waals surface area contributed by atoms with Gasteiger partial charge in [0.15, 0.2) is 0 Å². The van der Waals surface area contributed by atoms with E-state index in [0.717, 1.165) is 37.2 Å². The van der Waals surface area contributed by atoms with Crippen LogP contribution in [0.4, 0.5) is 0 Å². The molecule has 1 aromatic heterocycles. The summed E-state index contributed by atoms with van der Waals surface area (Å²) in [6.07, 6.45) is 5.12. The van der Waals surface area contributed by atoms with Gasteiger partial charge in [-0.1, -0.05) is 23.6 Å². The molecule has 0 saturated heterocycles. The van der Waals surface area contributed by atoms with Crippen LogP contribution in [-0.2, 0) is 0 Å². The molecular weight excluding hydrogens is 268 g/mol. The summed E-state index contributed by atoms with van der Waals surface area (Å²) in [6, 6.07) is 0. The second-order valence-corrected chi connectivity index (χ2v) is 6.09. The minimum atomic E-state index is -0.539. The van der Waals surface area contributed by atoms with Gasteiger partial charge >= 0.3 is 0 Å². The number of carbonyl (C=O) groups is 1. The highest BCUT2D eigenvalue weighted by Crippen LogP contribution is 2.32. The van der Waals surface area contributed by atoms with Crippen LogP contribution in [0, 0.1) is 5.92 Å². The molecule has 0 aromatic carbocycles. The smallest absolute Gasteiger partial charge is 0.265 e. The van der Waals surface area contributed by atoms with E-state index >= 15 is 0 Å². The summed E-state index contributed by atoms with van der Waals surface area (Å²) >= 11 is 6.22. The topological polar surface area (TPSA) is 80.9 Å². The number of amides is 1. The first-order valence-electron chi connectivity index (χ1n) is 5.93. The maximum atomic E-state index is 12.1. The van der Waals surface area contributed by atoms with Crippen LogP contribution in [0.2, 0.25) is 0 Å². The number of hydrogen-bond acceptors (Lipinski definition) is 5. The first-order valence-corrected chi connectivity index (χ1v) is 7.11. The minimum absolute atomic E-state index is 0.188. The number of thiocarbonyl (C=S) groups is 1. The molecule has 1 saturated carbocycles. The van der Waals surface area contributed by atoms with E-state index in [9.17, 15) is 4.79 Å². The van der Waals surface area contributed by atoms with Crippen molar-refractivity contribution in [3.63, 3.8) is 0 Å². The molecule has 0 bridgehead atoms. The molecule has 1 aromatic rings. The Morgan fingerprint density at radius 1 is 1.61 bits per heavy atom. The summed E-state index contributed by atoms with van der Waals surface area (Å²) in [5, 5.41) is 6.64. The van der Waals surface area contributed by atoms with Gasteiger partial charge in [0.25, 0.3) is 5.91 Å². The van der Waals surface area contributed by atoms with E-state index in [1.54, 1.807) is 0 Å². The molecule has 1 aliphatic rings. The molecule has 0 atom stereocenters. The molecule has 1 fully saturated rings. The maximum absolute atomic E-state index is 12.1. The van der Waals surface area contributed by atoms with Crippen molar-refractivity contribution in [1.29, 1.82) is 0 Å². The number of aromatic nitrogens is 2. The highest BCUT2D eigenvalue weighted by molar-refractivity contribution is 7.80. The average Bonchev–Trinajstić information content (AvgIpc) is 2.85. The molecular formula is C11H16N4OS2. The van der Waals surface area contributed by atoms with E-state index in [4.69, 9.17) is 18.0 Å². The molecule has 0 radical (unpaired) electrons. The lowest BCUT2D eigenvalue weighted by Gasteiger charge is -2.39. The maximum Gasteiger partial charge on any atom is 0.265 e. The molecule has 0 spiro atoms. The molecule has 5 nitrogen and oxygen atoms in total. The molecule has 18 heavy (non-hydrogen) atoms. The Balaban J connectivity index is 2.12. The molecule has 3 N–H and O–H groups in total. The van der Waals surface area contributed by atoms with Crippen molar-refractivity contribution in [1.82, 2.24) is 14.9 Å². The van der Waals surface area contributed by atoms with Gasteiger partial charge in [-0.05, 0) is 43.1 Å².